The van der Waals surface area contributed by atoms with E-state index < -0.39 is 0 Å². The molecule has 0 spiro atoms. The monoisotopic (exact) mass is 141 g/mol. The van der Waals surface area contributed by atoms with Crippen LogP contribution in [0.5, 0.6) is 0 Å². The Bertz CT molecular complexity index is 117. The van der Waals surface area contributed by atoms with E-state index in [1.807, 2.05) is 19.9 Å². The molecule has 0 fully saturated rings. The molecule has 10 heavy (non-hydrogen) atoms. The zero-order valence-corrected chi connectivity index (χ0v) is 6.93. The molecule has 0 amide bonds. The fraction of sp³-hybridized carbons (Fsp3) is 0.333. The summed E-state index contributed by atoms with van der Waals surface area (Å²) in [4.78, 5) is 0. The lowest BCUT2D eigenvalue weighted by atomic mass is 10.2. The average molecular weight is 141 g/mol. The van der Waals surface area contributed by atoms with Gasteiger partial charge >= 0.3 is 0 Å². The molecule has 0 aliphatic carbocycles. The van der Waals surface area contributed by atoms with E-state index in [2.05, 4.69) is 13.2 Å². The van der Waals surface area contributed by atoms with Gasteiger partial charge in [-0.15, -0.1) is 0 Å². The van der Waals surface area contributed by atoms with Gasteiger partial charge in [0, 0.05) is 7.97 Å². The smallest absolute Gasteiger partial charge is 0.0177 e. The van der Waals surface area contributed by atoms with E-state index in [1.165, 1.54) is 0 Å². The first-order chi connectivity index (χ1) is 4.85. The summed E-state index contributed by atoms with van der Waals surface area (Å²) in [7, 11) is 0. The van der Waals surface area contributed by atoms with Gasteiger partial charge in [-0.1, -0.05) is 45.2 Å². The third kappa shape index (κ3) is 7.18. The molecule has 0 saturated carbocycles. The van der Waals surface area contributed by atoms with Crippen LogP contribution in [-0.2, 0) is 0 Å². The van der Waals surface area contributed by atoms with Crippen molar-refractivity contribution in [3.63, 3.8) is 0 Å². The number of hydrogen-bond donors (Lipinski definition) is 1. The highest BCUT2D eigenvalue weighted by molar-refractivity contribution is 5.21. The third-order valence-electron chi connectivity index (χ3n) is 0.830. The molecule has 0 rings (SSSR count). The minimum Gasteiger partial charge on any atom is -0.326 e. The highest BCUT2D eigenvalue weighted by Crippen LogP contribution is 1.90. The van der Waals surface area contributed by atoms with Crippen molar-refractivity contribution in [2.24, 2.45) is 5.73 Å². The fourth-order valence-corrected chi connectivity index (χ4v) is 0.371. The largest absolute Gasteiger partial charge is 0.326 e. The molecule has 1 heteroatoms. The summed E-state index contributed by atoms with van der Waals surface area (Å²) in [5.74, 6) is 0. The van der Waals surface area contributed by atoms with E-state index in [-0.39, 0.29) is 1.43 Å². The summed E-state index contributed by atoms with van der Waals surface area (Å²) >= 11 is 0. The van der Waals surface area contributed by atoms with Gasteiger partial charge in [0.15, 0.2) is 0 Å². The normalized spacial score (nSPS) is 9.30. The molecule has 0 aliphatic rings. The third-order valence-corrected chi connectivity index (χ3v) is 0.830. The molecule has 60 valence electrons. The summed E-state index contributed by atoms with van der Waals surface area (Å²) in [5, 5.41) is 0. The molecule has 0 aromatic rings. The Morgan fingerprint density at radius 2 is 2.00 bits per heavy atom. The van der Waals surface area contributed by atoms with Crippen LogP contribution in [0.2, 0.25) is 0 Å². The second kappa shape index (κ2) is 11.0. The highest BCUT2D eigenvalue weighted by Gasteiger charge is 1.79. The maximum absolute atomic E-state index is 5.28. The molecule has 0 aliphatic heterocycles. The topological polar surface area (TPSA) is 26.0 Å². The average Bonchev–Trinajstić information content (AvgIpc) is 2.04. The summed E-state index contributed by atoms with van der Waals surface area (Å²) < 4.78 is 0. The number of rotatable bonds is 3. The van der Waals surface area contributed by atoms with E-state index >= 15 is 0 Å². The Labute approximate surface area is 65.4 Å². The Kier molecular flexibility index (Phi) is 13.2. The van der Waals surface area contributed by atoms with Crippen molar-refractivity contribution in [3.8, 4) is 0 Å². The van der Waals surface area contributed by atoms with Crippen molar-refractivity contribution in [1.29, 1.82) is 0 Å². The van der Waals surface area contributed by atoms with Crippen LogP contribution in [0, 0.1) is 0 Å². The predicted octanol–water partition coefficient (Wildman–Crippen LogP) is 2.52. The van der Waals surface area contributed by atoms with Gasteiger partial charge in [-0.25, -0.2) is 0 Å². The van der Waals surface area contributed by atoms with E-state index in [1.54, 1.807) is 12.2 Å². The zero-order chi connectivity index (χ0) is 8.41. The fourth-order valence-electron chi connectivity index (χ4n) is 0.371. The van der Waals surface area contributed by atoms with E-state index in [9.17, 15) is 0 Å². The van der Waals surface area contributed by atoms with Gasteiger partial charge in [0.25, 0.3) is 0 Å². The van der Waals surface area contributed by atoms with Gasteiger partial charge in [0.05, 0.1) is 0 Å². The lowest BCUT2D eigenvalue weighted by Crippen LogP contribution is -1.99. The Balaban J connectivity index is -0.000000196. The standard InChI is InChI=1S/C7H11N.C2H6.H2/c1-3-5-7(4-2)6-8;1-2;/h3-5H,1-2,6,8H2;1-2H3;1H/b7-5+;;. The van der Waals surface area contributed by atoms with Crippen molar-refractivity contribution in [2.45, 2.75) is 13.8 Å². The molecule has 0 aromatic carbocycles. The molecular weight excluding hydrogens is 122 g/mol. The minimum atomic E-state index is 0. The SMILES string of the molecule is C=C/C=C(\C=C)CN.CC.[HH]. The molecule has 0 saturated heterocycles. The van der Waals surface area contributed by atoms with E-state index in [4.69, 9.17) is 5.73 Å². The summed E-state index contributed by atoms with van der Waals surface area (Å²) in [6.07, 6.45) is 5.26. The van der Waals surface area contributed by atoms with Crippen molar-refractivity contribution in [3.05, 3.63) is 37.0 Å². The zero-order valence-electron chi connectivity index (χ0n) is 6.93. The van der Waals surface area contributed by atoms with Crippen LogP contribution >= 0.6 is 0 Å². The second-order valence-corrected chi connectivity index (χ2v) is 1.39. The molecular formula is C9H19N. The molecule has 0 bridgehead atoms. The van der Waals surface area contributed by atoms with E-state index in [0.29, 0.717) is 6.54 Å². The molecule has 2 N–H and O–H groups in total. The van der Waals surface area contributed by atoms with E-state index in [0.717, 1.165) is 5.57 Å². The first-order valence-corrected chi connectivity index (χ1v) is 3.49. The Morgan fingerprint density at radius 1 is 1.50 bits per heavy atom. The number of allylic oxidation sites excluding steroid dienone is 2. The van der Waals surface area contributed by atoms with Crippen molar-refractivity contribution in [1.82, 2.24) is 0 Å². The summed E-state index contributed by atoms with van der Waals surface area (Å²) in [5.41, 5.74) is 6.30. The molecule has 0 heterocycles. The van der Waals surface area contributed by atoms with Crippen LogP contribution in [0.15, 0.2) is 37.0 Å². The first kappa shape index (κ1) is 11.9. The van der Waals surface area contributed by atoms with Gasteiger partial charge in [0.2, 0.25) is 0 Å². The van der Waals surface area contributed by atoms with Crippen LogP contribution in [0.3, 0.4) is 0 Å². The molecule has 1 nitrogen and oxygen atoms in total. The minimum absolute atomic E-state index is 0. The van der Waals surface area contributed by atoms with Crippen LogP contribution in [0.4, 0.5) is 0 Å². The first-order valence-electron chi connectivity index (χ1n) is 3.49. The van der Waals surface area contributed by atoms with Gasteiger partial charge in [-0.05, 0) is 5.57 Å². The Morgan fingerprint density at radius 3 is 2.10 bits per heavy atom. The van der Waals surface area contributed by atoms with Crippen molar-refractivity contribution < 1.29 is 1.43 Å². The van der Waals surface area contributed by atoms with Crippen molar-refractivity contribution >= 4 is 0 Å². The van der Waals surface area contributed by atoms with Crippen molar-refractivity contribution in [2.75, 3.05) is 6.54 Å². The lowest BCUT2D eigenvalue weighted by Gasteiger charge is -1.89. The van der Waals surface area contributed by atoms with Gasteiger partial charge in [-0.3, -0.25) is 0 Å². The quantitative estimate of drug-likeness (QED) is 0.600. The van der Waals surface area contributed by atoms with Crippen LogP contribution in [0.25, 0.3) is 0 Å². The number of nitrogens with two attached hydrogens (primary N) is 1. The molecule has 0 radical (unpaired) electrons. The van der Waals surface area contributed by atoms with Crippen LogP contribution < -0.4 is 5.73 Å². The second-order valence-electron chi connectivity index (χ2n) is 1.39. The maximum Gasteiger partial charge on any atom is 0.0177 e. The highest BCUT2D eigenvalue weighted by atomic mass is 14.5. The van der Waals surface area contributed by atoms with Gasteiger partial charge in [0.1, 0.15) is 0 Å². The lowest BCUT2D eigenvalue weighted by molar-refractivity contribution is 1.19. The molecule has 0 atom stereocenters. The Hall–Kier alpha value is -0.820. The molecule has 0 aromatic heterocycles. The predicted molar refractivity (Wildman–Crippen MR) is 51.0 cm³/mol. The molecule has 0 unspecified atom stereocenters. The summed E-state index contributed by atoms with van der Waals surface area (Å²) in [6.45, 7) is 11.6. The van der Waals surface area contributed by atoms with Gasteiger partial charge < -0.3 is 5.73 Å². The summed E-state index contributed by atoms with van der Waals surface area (Å²) in [6, 6.07) is 0. The number of hydrogen-bond acceptors (Lipinski definition) is 1. The van der Waals surface area contributed by atoms with Crippen LogP contribution in [0.1, 0.15) is 15.3 Å². The van der Waals surface area contributed by atoms with Crippen LogP contribution in [-0.4, -0.2) is 6.54 Å². The van der Waals surface area contributed by atoms with Gasteiger partial charge in [-0.2, -0.15) is 0 Å². The maximum atomic E-state index is 5.28.